The predicted molar refractivity (Wildman–Crippen MR) is 97.6 cm³/mol. The lowest BCUT2D eigenvalue weighted by atomic mass is 10.1. The van der Waals surface area contributed by atoms with Gasteiger partial charge in [-0.2, -0.15) is 0 Å². The van der Waals surface area contributed by atoms with E-state index in [9.17, 15) is 9.18 Å². The van der Waals surface area contributed by atoms with E-state index in [1.807, 2.05) is 15.9 Å². The molecule has 0 atom stereocenters. The second-order valence-electron chi connectivity index (χ2n) is 6.17. The minimum atomic E-state index is -0.199. The molecule has 0 spiro atoms. The highest BCUT2D eigenvalue weighted by Crippen LogP contribution is 2.25. The van der Waals surface area contributed by atoms with Gasteiger partial charge in [-0.25, -0.2) is 4.39 Å². The van der Waals surface area contributed by atoms with Crippen LogP contribution in [0, 0.1) is 12.7 Å². The Hall–Kier alpha value is -1.88. The highest BCUT2D eigenvalue weighted by atomic mass is 32.1. The third-order valence-electron chi connectivity index (χ3n) is 4.51. The number of rotatable bonds is 4. The Labute approximate surface area is 146 Å². The van der Waals surface area contributed by atoms with E-state index >= 15 is 0 Å². The van der Waals surface area contributed by atoms with Crippen molar-refractivity contribution in [3.8, 4) is 0 Å². The third-order valence-corrected chi connectivity index (χ3v) is 5.59. The Morgan fingerprint density at radius 2 is 1.92 bits per heavy atom. The van der Waals surface area contributed by atoms with Crippen LogP contribution in [0.25, 0.3) is 0 Å². The Bertz CT molecular complexity index is 720. The van der Waals surface area contributed by atoms with Gasteiger partial charge in [0.25, 0.3) is 5.91 Å². The van der Waals surface area contributed by atoms with Crippen LogP contribution in [0.2, 0.25) is 0 Å². The average molecular weight is 346 g/mol. The van der Waals surface area contributed by atoms with Crippen molar-refractivity contribution in [2.45, 2.75) is 26.7 Å². The summed E-state index contributed by atoms with van der Waals surface area (Å²) in [5.41, 5.74) is 1.91. The third kappa shape index (κ3) is 3.46. The molecule has 5 heteroatoms. The number of hydrogen-bond acceptors (Lipinski definition) is 3. The molecule has 0 aliphatic carbocycles. The molecule has 0 bridgehead atoms. The Morgan fingerprint density at radius 3 is 2.58 bits per heavy atom. The van der Waals surface area contributed by atoms with Crippen LogP contribution in [-0.4, -0.2) is 37.0 Å². The molecule has 0 N–H and O–H groups in total. The second-order valence-corrected chi connectivity index (χ2v) is 7.43. The van der Waals surface area contributed by atoms with Crippen molar-refractivity contribution in [2.24, 2.45) is 0 Å². The zero-order chi connectivity index (χ0) is 17.1. The minimum absolute atomic E-state index is 0.110. The quantitative estimate of drug-likeness (QED) is 0.832. The summed E-state index contributed by atoms with van der Waals surface area (Å²) in [5.74, 6) is -0.0889. The number of piperazine rings is 1. The summed E-state index contributed by atoms with van der Waals surface area (Å²) in [4.78, 5) is 18.7. The summed E-state index contributed by atoms with van der Waals surface area (Å²) in [7, 11) is 0. The lowest BCUT2D eigenvalue weighted by molar-refractivity contribution is 0.0751. The monoisotopic (exact) mass is 346 g/mol. The maximum absolute atomic E-state index is 13.9. The van der Waals surface area contributed by atoms with Crippen LogP contribution in [0.1, 0.15) is 33.5 Å². The van der Waals surface area contributed by atoms with Crippen LogP contribution in [0.15, 0.2) is 30.3 Å². The SMILES string of the molecule is CCCc1cc(C(=O)N2CCN(c3ccccc3F)CC2)sc1C. The molecule has 0 saturated carbocycles. The smallest absolute Gasteiger partial charge is 0.264 e. The zero-order valence-electron chi connectivity index (χ0n) is 14.2. The minimum Gasteiger partial charge on any atom is -0.366 e. The number of carbonyl (C=O) groups is 1. The summed E-state index contributed by atoms with van der Waals surface area (Å²) in [6.45, 7) is 6.83. The van der Waals surface area contributed by atoms with E-state index in [-0.39, 0.29) is 11.7 Å². The van der Waals surface area contributed by atoms with Crippen molar-refractivity contribution >= 4 is 22.9 Å². The van der Waals surface area contributed by atoms with Gasteiger partial charge in [0.1, 0.15) is 5.82 Å². The topological polar surface area (TPSA) is 23.6 Å². The van der Waals surface area contributed by atoms with Crippen LogP contribution in [0.3, 0.4) is 0 Å². The fourth-order valence-corrected chi connectivity index (χ4v) is 4.20. The summed E-state index contributed by atoms with van der Waals surface area (Å²) >= 11 is 1.59. The molecular weight excluding hydrogens is 323 g/mol. The maximum Gasteiger partial charge on any atom is 0.264 e. The summed E-state index contributed by atoms with van der Waals surface area (Å²) in [6, 6.07) is 8.88. The zero-order valence-corrected chi connectivity index (χ0v) is 15.0. The highest BCUT2D eigenvalue weighted by molar-refractivity contribution is 7.14. The number of benzene rings is 1. The van der Waals surface area contributed by atoms with Gasteiger partial charge in [-0.1, -0.05) is 25.5 Å². The van der Waals surface area contributed by atoms with E-state index in [4.69, 9.17) is 0 Å². The van der Waals surface area contributed by atoms with E-state index < -0.39 is 0 Å². The van der Waals surface area contributed by atoms with Crippen LogP contribution in [-0.2, 0) is 6.42 Å². The van der Waals surface area contributed by atoms with Crippen LogP contribution in [0.4, 0.5) is 10.1 Å². The van der Waals surface area contributed by atoms with Crippen LogP contribution < -0.4 is 4.90 Å². The van der Waals surface area contributed by atoms with Gasteiger partial charge < -0.3 is 9.80 Å². The number of hydrogen-bond donors (Lipinski definition) is 0. The van der Waals surface area contributed by atoms with Gasteiger partial charge in [-0.3, -0.25) is 4.79 Å². The maximum atomic E-state index is 13.9. The standard InChI is InChI=1S/C19H23FN2OS/c1-3-6-15-13-18(24-14(15)2)19(23)22-11-9-21(10-12-22)17-8-5-4-7-16(17)20/h4-5,7-8,13H,3,6,9-12H2,1-2H3. The van der Waals surface area contributed by atoms with Gasteiger partial charge in [0.05, 0.1) is 10.6 Å². The molecule has 1 aromatic heterocycles. The normalized spacial score (nSPS) is 15.0. The highest BCUT2D eigenvalue weighted by Gasteiger charge is 2.24. The molecular formula is C19H23FN2OS. The molecule has 2 aromatic rings. The lowest BCUT2D eigenvalue weighted by Gasteiger charge is -2.36. The van der Waals surface area contributed by atoms with Gasteiger partial charge in [0.2, 0.25) is 0 Å². The van der Waals surface area contributed by atoms with Gasteiger partial charge in [0, 0.05) is 31.1 Å². The number of anilines is 1. The van der Waals surface area contributed by atoms with Crippen molar-refractivity contribution in [3.05, 3.63) is 51.5 Å². The first-order valence-corrected chi connectivity index (χ1v) is 9.30. The van der Waals surface area contributed by atoms with Gasteiger partial charge in [-0.15, -0.1) is 11.3 Å². The fraction of sp³-hybridized carbons (Fsp3) is 0.421. The van der Waals surface area contributed by atoms with Crippen molar-refractivity contribution in [1.29, 1.82) is 0 Å². The molecule has 0 radical (unpaired) electrons. The van der Waals surface area contributed by atoms with E-state index in [1.54, 1.807) is 23.5 Å². The van der Waals surface area contributed by atoms with Crippen molar-refractivity contribution in [3.63, 3.8) is 0 Å². The molecule has 3 nitrogen and oxygen atoms in total. The molecule has 1 saturated heterocycles. The number of aryl methyl sites for hydroxylation is 2. The Balaban J connectivity index is 1.65. The first kappa shape index (κ1) is 17.0. The Morgan fingerprint density at radius 1 is 1.21 bits per heavy atom. The molecule has 2 heterocycles. The molecule has 128 valence electrons. The molecule has 24 heavy (non-hydrogen) atoms. The molecule has 1 fully saturated rings. The molecule has 1 aromatic carbocycles. The number of para-hydroxylation sites is 1. The predicted octanol–water partition coefficient (Wildman–Crippen LogP) is 4.11. The first-order chi connectivity index (χ1) is 11.6. The van der Waals surface area contributed by atoms with Crippen molar-refractivity contribution < 1.29 is 9.18 Å². The molecule has 1 aliphatic heterocycles. The average Bonchev–Trinajstić information content (AvgIpc) is 2.96. The summed E-state index contributed by atoms with van der Waals surface area (Å²) in [6.07, 6.45) is 2.11. The number of halogens is 1. The first-order valence-electron chi connectivity index (χ1n) is 8.48. The molecule has 3 rings (SSSR count). The van der Waals surface area contributed by atoms with Gasteiger partial charge in [0.15, 0.2) is 0 Å². The van der Waals surface area contributed by atoms with Gasteiger partial charge in [-0.05, 0) is 37.1 Å². The van der Waals surface area contributed by atoms with E-state index in [0.29, 0.717) is 31.9 Å². The van der Waals surface area contributed by atoms with Crippen molar-refractivity contribution in [2.75, 3.05) is 31.1 Å². The largest absolute Gasteiger partial charge is 0.366 e. The van der Waals surface area contributed by atoms with Crippen LogP contribution in [0.5, 0.6) is 0 Å². The van der Waals surface area contributed by atoms with E-state index in [1.165, 1.54) is 16.5 Å². The van der Waals surface area contributed by atoms with Crippen molar-refractivity contribution in [1.82, 2.24) is 4.90 Å². The molecule has 1 aliphatic rings. The Kier molecular flexibility index (Phi) is 5.19. The fourth-order valence-electron chi connectivity index (χ4n) is 3.16. The lowest BCUT2D eigenvalue weighted by Crippen LogP contribution is -2.48. The summed E-state index contributed by atoms with van der Waals surface area (Å²) < 4.78 is 13.9. The molecule has 1 amide bonds. The number of carbonyl (C=O) groups excluding carboxylic acids is 1. The van der Waals surface area contributed by atoms with Gasteiger partial charge >= 0.3 is 0 Å². The molecule has 0 unspecified atom stereocenters. The van der Waals surface area contributed by atoms with E-state index in [0.717, 1.165) is 17.7 Å². The number of nitrogens with zero attached hydrogens (tertiary/aromatic N) is 2. The van der Waals surface area contributed by atoms with Crippen LogP contribution >= 0.6 is 11.3 Å². The number of thiophene rings is 1. The second kappa shape index (κ2) is 7.34. The van der Waals surface area contributed by atoms with E-state index in [2.05, 4.69) is 19.9 Å². The summed E-state index contributed by atoms with van der Waals surface area (Å²) in [5, 5.41) is 0. The number of amides is 1.